The number of aliphatic hydroxyl groups excluding tert-OH is 1. The fourth-order valence-electron chi connectivity index (χ4n) is 2.76. The molecule has 2 rings (SSSR count). The van der Waals surface area contributed by atoms with Crippen molar-refractivity contribution in [2.75, 3.05) is 6.54 Å². The van der Waals surface area contributed by atoms with E-state index in [9.17, 15) is 24.6 Å². The van der Waals surface area contributed by atoms with Gasteiger partial charge in [0, 0.05) is 31.3 Å². The molecule has 0 aromatic heterocycles. The number of nitrogens with one attached hydrogen (secondary N) is 1. The molecule has 24 heavy (non-hydrogen) atoms. The number of aliphatic carboxylic acids is 1. The van der Waals surface area contributed by atoms with E-state index in [1.54, 1.807) is 24.3 Å². The molecule has 2 amide bonds. The normalized spacial score (nSPS) is 21.4. The molecule has 0 saturated carbocycles. The summed E-state index contributed by atoms with van der Waals surface area (Å²) < 4.78 is 0. The fraction of sp³-hybridized carbons (Fsp3) is 0.438. The summed E-state index contributed by atoms with van der Waals surface area (Å²) in [5, 5.41) is 21.9. The molecule has 0 radical (unpaired) electrons. The van der Waals surface area contributed by atoms with Gasteiger partial charge >= 0.3 is 5.97 Å². The van der Waals surface area contributed by atoms with Crippen molar-refractivity contribution in [3.63, 3.8) is 0 Å². The predicted molar refractivity (Wildman–Crippen MR) is 86.5 cm³/mol. The van der Waals surface area contributed by atoms with Crippen LogP contribution < -0.4 is 5.32 Å². The Kier molecular flexibility index (Phi) is 5.80. The molecule has 0 aliphatic carbocycles. The first-order valence-corrected chi connectivity index (χ1v) is 7.89. The van der Waals surface area contributed by atoms with Crippen LogP contribution in [0.15, 0.2) is 24.3 Å². The standard InChI is InChI=1S/C16H19ClN2O5/c1-9(20)19-8-11(21)7-14(19)15(22)18-13(16(23)24)6-10-4-2-3-5-12(10)17/h2-5,11,13-14,21H,6-8H2,1H3,(H,18,22)(H,23,24)/t11-,13+,14+/m1/s1. The third-order valence-corrected chi connectivity index (χ3v) is 4.35. The number of carbonyl (C=O) groups is 3. The van der Waals surface area contributed by atoms with E-state index in [0.29, 0.717) is 10.6 Å². The lowest BCUT2D eigenvalue weighted by molar-refractivity contribution is -0.143. The van der Waals surface area contributed by atoms with Crippen molar-refractivity contribution in [3.05, 3.63) is 34.9 Å². The number of halogens is 1. The van der Waals surface area contributed by atoms with Gasteiger partial charge in [-0.2, -0.15) is 0 Å². The second-order valence-corrected chi connectivity index (χ2v) is 6.18. The molecule has 1 saturated heterocycles. The Morgan fingerprint density at radius 3 is 2.62 bits per heavy atom. The lowest BCUT2D eigenvalue weighted by Crippen LogP contribution is -2.51. The second-order valence-electron chi connectivity index (χ2n) is 5.77. The lowest BCUT2D eigenvalue weighted by atomic mass is 10.0. The van der Waals surface area contributed by atoms with E-state index in [1.165, 1.54) is 11.8 Å². The number of benzene rings is 1. The molecule has 1 aromatic rings. The lowest BCUT2D eigenvalue weighted by Gasteiger charge is -2.24. The minimum absolute atomic E-state index is 0.0239. The van der Waals surface area contributed by atoms with Gasteiger partial charge in [0.1, 0.15) is 12.1 Å². The number of hydrogen-bond acceptors (Lipinski definition) is 4. The third-order valence-electron chi connectivity index (χ3n) is 3.98. The van der Waals surface area contributed by atoms with Crippen LogP contribution in [0.25, 0.3) is 0 Å². The van der Waals surface area contributed by atoms with Crippen LogP contribution in [-0.2, 0) is 20.8 Å². The minimum Gasteiger partial charge on any atom is -0.480 e. The number of carboxylic acids is 1. The van der Waals surface area contributed by atoms with Crippen LogP contribution in [0.3, 0.4) is 0 Å². The van der Waals surface area contributed by atoms with Gasteiger partial charge in [0.15, 0.2) is 0 Å². The maximum Gasteiger partial charge on any atom is 0.326 e. The van der Waals surface area contributed by atoms with E-state index in [4.69, 9.17) is 11.6 Å². The summed E-state index contributed by atoms with van der Waals surface area (Å²) in [7, 11) is 0. The van der Waals surface area contributed by atoms with E-state index in [2.05, 4.69) is 5.32 Å². The van der Waals surface area contributed by atoms with Gasteiger partial charge in [-0.05, 0) is 11.6 Å². The summed E-state index contributed by atoms with van der Waals surface area (Å²) >= 11 is 6.03. The maximum atomic E-state index is 12.4. The summed E-state index contributed by atoms with van der Waals surface area (Å²) in [6.45, 7) is 1.37. The molecule has 7 nitrogen and oxygen atoms in total. The van der Waals surface area contributed by atoms with Gasteiger partial charge < -0.3 is 20.4 Å². The van der Waals surface area contributed by atoms with E-state index >= 15 is 0 Å². The Bertz CT molecular complexity index is 651. The summed E-state index contributed by atoms with van der Waals surface area (Å²) in [4.78, 5) is 36.6. The first-order chi connectivity index (χ1) is 11.3. The number of nitrogens with zero attached hydrogens (tertiary/aromatic N) is 1. The summed E-state index contributed by atoms with van der Waals surface area (Å²) in [6.07, 6.45) is -0.684. The SMILES string of the molecule is CC(=O)N1C[C@H](O)C[C@H]1C(=O)N[C@@H](Cc1ccccc1Cl)C(=O)O. The van der Waals surface area contributed by atoms with Crippen molar-refractivity contribution >= 4 is 29.4 Å². The summed E-state index contributed by atoms with van der Waals surface area (Å²) in [6, 6.07) is 4.74. The second kappa shape index (κ2) is 7.63. The molecule has 3 atom stereocenters. The summed E-state index contributed by atoms with van der Waals surface area (Å²) in [5.41, 5.74) is 0.599. The van der Waals surface area contributed by atoms with Crippen molar-refractivity contribution < 1.29 is 24.6 Å². The zero-order chi connectivity index (χ0) is 17.9. The molecule has 0 spiro atoms. The number of carboxylic acid groups (broad SMARTS) is 1. The number of amides is 2. The summed E-state index contributed by atoms with van der Waals surface area (Å²) in [5.74, 6) is -2.14. The van der Waals surface area contributed by atoms with Gasteiger partial charge in [-0.3, -0.25) is 9.59 Å². The minimum atomic E-state index is -1.20. The van der Waals surface area contributed by atoms with Gasteiger partial charge in [-0.15, -0.1) is 0 Å². The van der Waals surface area contributed by atoms with E-state index in [1.807, 2.05) is 0 Å². The van der Waals surface area contributed by atoms with Crippen LogP contribution in [0.2, 0.25) is 5.02 Å². The average Bonchev–Trinajstić information content (AvgIpc) is 2.91. The van der Waals surface area contributed by atoms with Crippen molar-refractivity contribution in [3.8, 4) is 0 Å². The molecular formula is C16H19ClN2O5. The molecule has 1 aliphatic rings. The number of aliphatic hydroxyl groups is 1. The topological polar surface area (TPSA) is 107 Å². The van der Waals surface area contributed by atoms with Gasteiger partial charge in [0.2, 0.25) is 11.8 Å². The molecule has 3 N–H and O–H groups in total. The maximum absolute atomic E-state index is 12.4. The van der Waals surface area contributed by atoms with Crippen LogP contribution in [0.1, 0.15) is 18.9 Å². The molecule has 0 unspecified atom stereocenters. The van der Waals surface area contributed by atoms with Crippen molar-refractivity contribution in [1.29, 1.82) is 0 Å². The number of carbonyl (C=O) groups excluding carboxylic acids is 2. The highest BCUT2D eigenvalue weighted by Gasteiger charge is 2.38. The van der Waals surface area contributed by atoms with Gasteiger partial charge in [-0.25, -0.2) is 4.79 Å². The van der Waals surface area contributed by atoms with Crippen LogP contribution in [-0.4, -0.2) is 57.6 Å². The molecule has 8 heteroatoms. The van der Waals surface area contributed by atoms with Crippen LogP contribution in [0.4, 0.5) is 0 Å². The van der Waals surface area contributed by atoms with E-state index in [-0.39, 0.29) is 25.3 Å². The Morgan fingerprint density at radius 1 is 1.38 bits per heavy atom. The zero-order valence-electron chi connectivity index (χ0n) is 13.1. The number of likely N-dealkylation sites (tertiary alicyclic amines) is 1. The molecular weight excluding hydrogens is 336 g/mol. The smallest absolute Gasteiger partial charge is 0.326 e. The predicted octanol–water partition coefficient (Wildman–Crippen LogP) is 0.434. The monoisotopic (exact) mass is 354 g/mol. The highest BCUT2D eigenvalue weighted by molar-refractivity contribution is 6.31. The van der Waals surface area contributed by atoms with Crippen molar-refractivity contribution in [1.82, 2.24) is 10.2 Å². The molecule has 1 aliphatic heterocycles. The Hall–Kier alpha value is -2.12. The van der Waals surface area contributed by atoms with Crippen LogP contribution >= 0.6 is 11.6 Å². The number of hydrogen-bond donors (Lipinski definition) is 3. The Balaban J connectivity index is 2.10. The van der Waals surface area contributed by atoms with Crippen molar-refractivity contribution in [2.24, 2.45) is 0 Å². The highest BCUT2D eigenvalue weighted by atomic mass is 35.5. The molecule has 1 aromatic carbocycles. The first-order valence-electron chi connectivity index (χ1n) is 7.51. The first kappa shape index (κ1) is 18.2. The quantitative estimate of drug-likeness (QED) is 0.711. The largest absolute Gasteiger partial charge is 0.480 e. The van der Waals surface area contributed by atoms with Gasteiger partial charge in [0.05, 0.1) is 6.10 Å². The molecule has 1 fully saturated rings. The van der Waals surface area contributed by atoms with Gasteiger partial charge in [-0.1, -0.05) is 29.8 Å². The van der Waals surface area contributed by atoms with Crippen LogP contribution in [0, 0.1) is 0 Å². The van der Waals surface area contributed by atoms with Crippen molar-refractivity contribution in [2.45, 2.75) is 38.0 Å². The van der Waals surface area contributed by atoms with Gasteiger partial charge in [0.25, 0.3) is 0 Å². The average molecular weight is 355 g/mol. The molecule has 130 valence electrons. The van der Waals surface area contributed by atoms with E-state index in [0.717, 1.165) is 0 Å². The highest BCUT2D eigenvalue weighted by Crippen LogP contribution is 2.20. The third kappa shape index (κ3) is 4.24. The number of rotatable bonds is 5. The molecule has 0 bridgehead atoms. The number of β-amino-alcohol motifs (C(OH)–C–C–N with tert-alkyl or cyclic N) is 1. The zero-order valence-corrected chi connectivity index (χ0v) is 13.9. The Morgan fingerprint density at radius 2 is 2.04 bits per heavy atom. The van der Waals surface area contributed by atoms with Crippen LogP contribution in [0.5, 0.6) is 0 Å². The Labute approximate surface area is 144 Å². The molecule has 1 heterocycles. The fourth-order valence-corrected chi connectivity index (χ4v) is 2.98. The van der Waals surface area contributed by atoms with E-state index < -0.39 is 30.1 Å².